The Bertz CT molecular complexity index is 79.0. The summed E-state index contributed by atoms with van der Waals surface area (Å²) < 4.78 is 0. The van der Waals surface area contributed by atoms with Crippen molar-refractivity contribution in [3.63, 3.8) is 0 Å². The molecule has 0 fully saturated rings. The average molecular weight is 327 g/mol. The van der Waals surface area contributed by atoms with Crippen LogP contribution in [-0.4, -0.2) is 46.4 Å². The topological polar surface area (TPSA) is 64.3 Å². The molecule has 5 heteroatoms. The normalized spacial score (nSPS) is 7.78. The Morgan fingerprint density at radius 2 is 2.33 bits per heavy atom. The molecule has 0 aromatic rings. The van der Waals surface area contributed by atoms with Crippen LogP contribution in [0.25, 0.3) is 0 Å². The van der Waals surface area contributed by atoms with Gasteiger partial charge in [-0.05, 0) is 0 Å². The number of hydrogen-bond donors (Lipinski definition) is 2. The van der Waals surface area contributed by atoms with Crippen molar-refractivity contribution in [2.75, 3.05) is 13.1 Å². The fourth-order valence-electron chi connectivity index (χ4n) is 0.212. The Kier molecular flexibility index (Phi) is 11.1. The van der Waals surface area contributed by atoms with Crippen LogP contribution in [0.5, 0.6) is 0 Å². The van der Waals surface area contributed by atoms with Gasteiger partial charge in [0, 0.05) is 20.0 Å². The molecule has 0 aliphatic rings. The van der Waals surface area contributed by atoms with Gasteiger partial charge in [-0.25, -0.2) is 0 Å². The van der Waals surface area contributed by atoms with Crippen molar-refractivity contribution in [3.8, 4) is 0 Å². The summed E-state index contributed by atoms with van der Waals surface area (Å²) in [6.07, 6.45) is 0. The number of carbonyl (C=O) groups is 1. The van der Waals surface area contributed by atoms with Gasteiger partial charge in [-0.3, -0.25) is 4.79 Å². The van der Waals surface area contributed by atoms with Crippen LogP contribution in [0.15, 0.2) is 0 Å². The van der Waals surface area contributed by atoms with Crippen LogP contribution in [0.3, 0.4) is 0 Å². The third-order valence-corrected chi connectivity index (χ3v) is 0.462. The first-order chi connectivity index (χ1) is 3.77. The second-order valence-corrected chi connectivity index (χ2v) is 1.28. The summed E-state index contributed by atoms with van der Waals surface area (Å²) in [5.74, 6) is -0.349. The van der Waals surface area contributed by atoms with E-state index in [0.29, 0.717) is 13.1 Å². The molecular weight excluding hydrogens is 315 g/mol. The Hall–Kier alpha value is 0.312. The van der Waals surface area contributed by atoms with E-state index in [-0.39, 0.29) is 33.3 Å². The number of rotatable bonds is 3. The first kappa shape index (κ1) is 12.0. The molecule has 0 aliphatic carbocycles. The molecule has 0 bridgehead atoms. The Labute approximate surface area is 74.2 Å². The maximum atomic E-state index is 9.99. The SMILES string of the molecule is CC(=O)ONCCN.[PbH2]. The Morgan fingerprint density at radius 3 is 2.67 bits per heavy atom. The molecule has 2 radical (unpaired) electrons. The van der Waals surface area contributed by atoms with Crippen LogP contribution in [0.4, 0.5) is 0 Å². The zero-order valence-corrected chi connectivity index (χ0v) is 11.0. The second-order valence-electron chi connectivity index (χ2n) is 1.28. The minimum absolute atomic E-state index is 0. The summed E-state index contributed by atoms with van der Waals surface area (Å²) in [7, 11) is 0. The quantitative estimate of drug-likeness (QED) is 0.361. The van der Waals surface area contributed by atoms with Crippen molar-refractivity contribution < 1.29 is 9.63 Å². The third-order valence-electron chi connectivity index (χ3n) is 0.462. The molecule has 4 nitrogen and oxygen atoms in total. The van der Waals surface area contributed by atoms with Crippen LogP contribution >= 0.6 is 0 Å². The van der Waals surface area contributed by atoms with Crippen molar-refractivity contribution in [2.45, 2.75) is 6.92 Å². The van der Waals surface area contributed by atoms with Gasteiger partial charge in [0.15, 0.2) is 0 Å². The minimum atomic E-state index is -0.349. The molecule has 54 valence electrons. The van der Waals surface area contributed by atoms with E-state index in [9.17, 15) is 4.79 Å². The Balaban J connectivity index is 0. The Morgan fingerprint density at radius 1 is 1.78 bits per heavy atom. The first-order valence-electron chi connectivity index (χ1n) is 2.37. The van der Waals surface area contributed by atoms with Gasteiger partial charge in [0.1, 0.15) is 0 Å². The van der Waals surface area contributed by atoms with Gasteiger partial charge in [0.05, 0.1) is 0 Å². The molecule has 0 rings (SSSR count). The number of nitrogens with one attached hydrogen (secondary N) is 1. The molecule has 0 aliphatic heterocycles. The summed E-state index contributed by atoms with van der Waals surface area (Å²) in [6, 6.07) is 0. The van der Waals surface area contributed by atoms with E-state index in [4.69, 9.17) is 5.73 Å². The molecule has 0 aromatic carbocycles. The van der Waals surface area contributed by atoms with Gasteiger partial charge in [0.25, 0.3) is 0 Å². The summed E-state index contributed by atoms with van der Waals surface area (Å²) in [4.78, 5) is 14.3. The predicted molar refractivity (Wildman–Crippen MR) is 37.4 cm³/mol. The molecule has 0 atom stereocenters. The van der Waals surface area contributed by atoms with Crippen LogP contribution in [0.1, 0.15) is 6.92 Å². The van der Waals surface area contributed by atoms with E-state index in [1.54, 1.807) is 0 Å². The van der Waals surface area contributed by atoms with E-state index in [0.717, 1.165) is 0 Å². The fraction of sp³-hybridized carbons (Fsp3) is 0.750. The van der Waals surface area contributed by atoms with Gasteiger partial charge in [-0.1, -0.05) is 0 Å². The monoisotopic (exact) mass is 328 g/mol. The molecule has 0 unspecified atom stereocenters. The number of hydrogen-bond acceptors (Lipinski definition) is 4. The summed E-state index contributed by atoms with van der Waals surface area (Å²) >= 11 is 0. The van der Waals surface area contributed by atoms with Gasteiger partial charge in [0.2, 0.25) is 0 Å². The second kappa shape index (κ2) is 8.31. The van der Waals surface area contributed by atoms with Gasteiger partial charge >= 0.3 is 33.3 Å². The van der Waals surface area contributed by atoms with Crippen LogP contribution < -0.4 is 11.2 Å². The van der Waals surface area contributed by atoms with Crippen LogP contribution in [-0.2, 0) is 9.63 Å². The van der Waals surface area contributed by atoms with E-state index in [1.165, 1.54) is 6.92 Å². The zero-order chi connectivity index (χ0) is 6.41. The number of nitrogens with two attached hydrogens (primary N) is 1. The van der Waals surface area contributed by atoms with E-state index in [2.05, 4.69) is 10.3 Å². The van der Waals surface area contributed by atoms with Crippen LogP contribution in [0.2, 0.25) is 0 Å². The average Bonchev–Trinajstić information content (AvgIpc) is 1.66. The first-order valence-corrected chi connectivity index (χ1v) is 2.37. The van der Waals surface area contributed by atoms with E-state index >= 15 is 0 Å². The van der Waals surface area contributed by atoms with Gasteiger partial charge in [-0.2, -0.15) is 5.48 Å². The summed E-state index contributed by atoms with van der Waals surface area (Å²) in [5, 5.41) is 0. The molecule has 0 amide bonds. The van der Waals surface area contributed by atoms with Crippen molar-refractivity contribution >= 4 is 33.3 Å². The maximum absolute atomic E-state index is 9.99. The predicted octanol–water partition coefficient (Wildman–Crippen LogP) is -1.90. The van der Waals surface area contributed by atoms with Crippen LogP contribution in [0, 0.1) is 0 Å². The molecule has 0 saturated carbocycles. The zero-order valence-electron chi connectivity index (χ0n) is 5.52. The van der Waals surface area contributed by atoms with Crippen molar-refractivity contribution in [1.29, 1.82) is 0 Å². The van der Waals surface area contributed by atoms with Gasteiger partial charge in [-0.15, -0.1) is 0 Å². The van der Waals surface area contributed by atoms with Gasteiger partial charge < -0.3 is 10.6 Å². The van der Waals surface area contributed by atoms with Crippen molar-refractivity contribution in [2.24, 2.45) is 5.73 Å². The van der Waals surface area contributed by atoms with E-state index < -0.39 is 0 Å². The van der Waals surface area contributed by atoms with Crippen molar-refractivity contribution in [3.05, 3.63) is 0 Å². The standard InChI is InChI=1S/C4H10N2O2.Pb.2H/c1-4(7)8-6-3-2-5;;;/h6H,2-3,5H2,1H3;;;. The molecule has 3 N–H and O–H groups in total. The fourth-order valence-corrected chi connectivity index (χ4v) is 0.212. The van der Waals surface area contributed by atoms with Crippen molar-refractivity contribution in [1.82, 2.24) is 5.48 Å². The van der Waals surface area contributed by atoms with E-state index in [1.807, 2.05) is 0 Å². The number of carbonyl (C=O) groups excluding carboxylic acids is 1. The molecule has 9 heavy (non-hydrogen) atoms. The molecule has 0 aromatic heterocycles. The number of hydroxylamine groups is 1. The molecule has 0 saturated heterocycles. The molecule has 0 heterocycles. The third kappa shape index (κ3) is 11.7. The molecule has 0 spiro atoms. The molecular formula is C4H12N2O2Pb. The summed E-state index contributed by atoms with van der Waals surface area (Å²) in [6.45, 7) is 2.29. The summed E-state index contributed by atoms with van der Waals surface area (Å²) in [5.41, 5.74) is 7.42.